The summed E-state index contributed by atoms with van der Waals surface area (Å²) in [5.41, 5.74) is 5.98. The zero-order valence-electron chi connectivity index (χ0n) is 12.2. The molecule has 116 valence electrons. The molecule has 0 aliphatic rings. The van der Waals surface area contributed by atoms with E-state index in [9.17, 15) is 13.5 Å². The summed E-state index contributed by atoms with van der Waals surface area (Å²) in [5.74, 6) is 0.0472. The first-order valence-corrected chi connectivity index (χ1v) is 8.31. The minimum Gasteiger partial charge on any atom is -0.398 e. The summed E-state index contributed by atoms with van der Waals surface area (Å²) in [6, 6.07) is 5.89. The molecule has 0 aliphatic heterocycles. The van der Waals surface area contributed by atoms with Crippen molar-refractivity contribution in [2.75, 3.05) is 12.3 Å². The maximum absolute atomic E-state index is 12.2. The van der Waals surface area contributed by atoms with Gasteiger partial charge >= 0.3 is 0 Å². The predicted octanol–water partition coefficient (Wildman–Crippen LogP) is 1.22. The maximum Gasteiger partial charge on any atom is 0.242 e. The average Bonchev–Trinajstić information content (AvgIpc) is 2.46. The number of sulfonamides is 1. The van der Waals surface area contributed by atoms with Gasteiger partial charge in [0.15, 0.2) is 0 Å². The molecule has 1 unspecified atom stereocenters. The molecule has 0 bridgehead atoms. The Morgan fingerprint density at radius 2 is 2.00 bits per heavy atom. The van der Waals surface area contributed by atoms with E-state index in [2.05, 4.69) is 4.72 Å². The van der Waals surface area contributed by atoms with Crippen molar-refractivity contribution in [2.45, 2.75) is 37.7 Å². The number of hydrogen-bond acceptors (Lipinski definition) is 5. The van der Waals surface area contributed by atoms with Crippen LogP contribution in [0.5, 0.6) is 0 Å². The van der Waals surface area contributed by atoms with E-state index in [1.165, 1.54) is 18.2 Å². The largest absolute Gasteiger partial charge is 0.398 e. The van der Waals surface area contributed by atoms with Crippen LogP contribution in [-0.2, 0) is 10.0 Å². The molecule has 0 fully saturated rings. The van der Waals surface area contributed by atoms with Crippen molar-refractivity contribution < 1.29 is 13.5 Å². The van der Waals surface area contributed by atoms with Gasteiger partial charge in [-0.05, 0) is 24.1 Å². The number of benzene rings is 1. The molecule has 0 aromatic heterocycles. The monoisotopic (exact) mass is 311 g/mol. The summed E-state index contributed by atoms with van der Waals surface area (Å²) in [6.07, 6.45) is 0.811. The Morgan fingerprint density at radius 1 is 1.38 bits per heavy atom. The summed E-state index contributed by atoms with van der Waals surface area (Å²) >= 11 is 0. The fourth-order valence-corrected chi connectivity index (χ4v) is 3.30. The SMILES string of the molecule is CCC(CC)C(O)CNS(=O)(=O)c1ccc(C#N)cc1N. The number of rotatable bonds is 7. The van der Waals surface area contributed by atoms with Gasteiger partial charge in [-0.3, -0.25) is 0 Å². The molecule has 6 nitrogen and oxygen atoms in total. The first-order chi connectivity index (χ1) is 9.85. The van der Waals surface area contributed by atoms with Crippen LogP contribution in [0, 0.1) is 17.2 Å². The van der Waals surface area contributed by atoms with Crippen LogP contribution in [0.1, 0.15) is 32.3 Å². The van der Waals surface area contributed by atoms with Gasteiger partial charge in [0, 0.05) is 6.54 Å². The smallest absolute Gasteiger partial charge is 0.242 e. The third-order valence-electron chi connectivity index (χ3n) is 3.50. The average molecular weight is 311 g/mol. The number of aliphatic hydroxyl groups excluding tert-OH is 1. The molecule has 4 N–H and O–H groups in total. The molecule has 1 aromatic carbocycles. The molecule has 1 aromatic rings. The Bertz CT molecular complexity index is 619. The Kier molecular flexibility index (Phi) is 6.15. The maximum atomic E-state index is 12.2. The Morgan fingerprint density at radius 3 is 2.48 bits per heavy atom. The number of anilines is 1. The van der Waals surface area contributed by atoms with Crippen LogP contribution in [0.4, 0.5) is 5.69 Å². The highest BCUT2D eigenvalue weighted by Crippen LogP contribution is 2.20. The van der Waals surface area contributed by atoms with Gasteiger partial charge in [-0.15, -0.1) is 0 Å². The first kappa shape index (κ1) is 17.4. The molecule has 0 spiro atoms. The second kappa shape index (κ2) is 7.41. The highest BCUT2D eigenvalue weighted by Gasteiger charge is 2.21. The summed E-state index contributed by atoms with van der Waals surface area (Å²) in [7, 11) is -3.81. The third kappa shape index (κ3) is 4.43. The molecule has 0 saturated heterocycles. The second-order valence-electron chi connectivity index (χ2n) is 4.86. The van der Waals surface area contributed by atoms with Crippen LogP contribution in [0.15, 0.2) is 23.1 Å². The van der Waals surface area contributed by atoms with Gasteiger partial charge in [-0.25, -0.2) is 13.1 Å². The molecular formula is C14H21N3O3S. The molecule has 0 heterocycles. The minimum absolute atomic E-state index is 0.0126. The van der Waals surface area contributed by atoms with E-state index in [0.717, 1.165) is 12.8 Å². The summed E-state index contributed by atoms with van der Waals surface area (Å²) in [6.45, 7) is 3.84. The highest BCUT2D eigenvalue weighted by atomic mass is 32.2. The summed E-state index contributed by atoms with van der Waals surface area (Å²) in [5, 5.41) is 18.7. The lowest BCUT2D eigenvalue weighted by atomic mass is 9.97. The zero-order valence-corrected chi connectivity index (χ0v) is 13.0. The molecule has 0 saturated carbocycles. The van der Waals surface area contributed by atoms with E-state index in [4.69, 9.17) is 11.0 Å². The van der Waals surface area contributed by atoms with Crippen molar-refractivity contribution in [3.8, 4) is 6.07 Å². The molecule has 7 heteroatoms. The summed E-state index contributed by atoms with van der Waals surface area (Å²) < 4.78 is 26.7. The van der Waals surface area contributed by atoms with Crippen molar-refractivity contribution in [3.63, 3.8) is 0 Å². The lowest BCUT2D eigenvalue weighted by Gasteiger charge is -2.20. The van der Waals surface area contributed by atoms with E-state index < -0.39 is 16.1 Å². The number of nitrogens with one attached hydrogen (secondary N) is 1. The van der Waals surface area contributed by atoms with E-state index in [0.29, 0.717) is 5.56 Å². The Balaban J connectivity index is 2.86. The standard InChI is InChI=1S/C14H21N3O3S/c1-3-11(4-2)13(18)9-17-21(19,20)14-6-5-10(8-15)7-12(14)16/h5-7,11,13,17-18H,3-4,9,16H2,1-2H3. The molecule has 1 atom stereocenters. The van der Waals surface area contributed by atoms with Crippen LogP contribution in [0.3, 0.4) is 0 Å². The number of aliphatic hydroxyl groups is 1. The number of nitrogen functional groups attached to an aromatic ring is 1. The van der Waals surface area contributed by atoms with E-state index in [-0.39, 0.29) is 23.0 Å². The zero-order chi connectivity index (χ0) is 16.0. The molecule has 0 aliphatic carbocycles. The minimum atomic E-state index is -3.81. The van der Waals surface area contributed by atoms with Gasteiger partial charge in [0.05, 0.1) is 23.4 Å². The van der Waals surface area contributed by atoms with Crippen molar-refractivity contribution in [1.82, 2.24) is 4.72 Å². The number of hydrogen-bond donors (Lipinski definition) is 3. The van der Waals surface area contributed by atoms with Gasteiger partial charge in [0.25, 0.3) is 0 Å². The van der Waals surface area contributed by atoms with Crippen LogP contribution in [0.2, 0.25) is 0 Å². The van der Waals surface area contributed by atoms with Crippen molar-refractivity contribution in [3.05, 3.63) is 23.8 Å². The van der Waals surface area contributed by atoms with Crippen LogP contribution >= 0.6 is 0 Å². The lowest BCUT2D eigenvalue weighted by molar-refractivity contribution is 0.107. The third-order valence-corrected chi connectivity index (χ3v) is 5.00. The van der Waals surface area contributed by atoms with Gasteiger partial charge in [-0.1, -0.05) is 26.7 Å². The molecule has 21 heavy (non-hydrogen) atoms. The Labute approximate surface area is 125 Å². The van der Waals surface area contributed by atoms with Crippen LogP contribution < -0.4 is 10.5 Å². The number of nitriles is 1. The first-order valence-electron chi connectivity index (χ1n) is 6.83. The highest BCUT2D eigenvalue weighted by molar-refractivity contribution is 7.89. The molecular weight excluding hydrogens is 290 g/mol. The topological polar surface area (TPSA) is 116 Å². The molecule has 0 radical (unpaired) electrons. The second-order valence-corrected chi connectivity index (χ2v) is 6.60. The van der Waals surface area contributed by atoms with Crippen molar-refractivity contribution in [2.24, 2.45) is 5.92 Å². The molecule has 0 amide bonds. The van der Waals surface area contributed by atoms with Crippen LogP contribution in [-0.4, -0.2) is 26.2 Å². The van der Waals surface area contributed by atoms with Gasteiger partial charge < -0.3 is 10.8 Å². The van der Waals surface area contributed by atoms with Crippen LogP contribution in [0.25, 0.3) is 0 Å². The summed E-state index contributed by atoms with van der Waals surface area (Å²) in [4.78, 5) is -0.0850. The quantitative estimate of drug-likeness (QED) is 0.655. The van der Waals surface area contributed by atoms with Crippen molar-refractivity contribution in [1.29, 1.82) is 5.26 Å². The number of nitrogens with zero attached hydrogens (tertiary/aromatic N) is 1. The lowest BCUT2D eigenvalue weighted by Crippen LogP contribution is -2.36. The van der Waals surface area contributed by atoms with Gasteiger partial charge in [0.2, 0.25) is 10.0 Å². The fourth-order valence-electron chi connectivity index (χ4n) is 2.14. The fraction of sp³-hybridized carbons (Fsp3) is 0.500. The Hall–Kier alpha value is -1.62. The predicted molar refractivity (Wildman–Crippen MR) is 80.8 cm³/mol. The van der Waals surface area contributed by atoms with Crippen molar-refractivity contribution >= 4 is 15.7 Å². The van der Waals surface area contributed by atoms with Gasteiger partial charge in [0.1, 0.15) is 4.90 Å². The van der Waals surface area contributed by atoms with E-state index in [1.54, 1.807) is 0 Å². The molecule has 1 rings (SSSR count). The van der Waals surface area contributed by atoms with E-state index >= 15 is 0 Å². The van der Waals surface area contributed by atoms with Gasteiger partial charge in [-0.2, -0.15) is 5.26 Å². The normalized spacial score (nSPS) is 13.1. The number of nitrogens with two attached hydrogens (primary N) is 1. The van der Waals surface area contributed by atoms with E-state index in [1.807, 2.05) is 19.9 Å².